The van der Waals surface area contributed by atoms with Gasteiger partial charge in [0, 0.05) is 12.3 Å². The van der Waals surface area contributed by atoms with Gasteiger partial charge in [0.25, 0.3) is 0 Å². The van der Waals surface area contributed by atoms with Crippen molar-refractivity contribution in [1.29, 1.82) is 0 Å². The zero-order chi connectivity index (χ0) is 19.8. The fraction of sp³-hybridized carbons (Fsp3) is 0.450. The number of rotatable bonds is 10. The number of aliphatic hydroxyl groups is 1. The monoisotopic (exact) mass is 392 g/mol. The first kappa shape index (κ1) is 20.2. The first-order valence-corrected chi connectivity index (χ1v) is 9.07. The molecule has 3 rings (SSSR count). The molecule has 2 aliphatic rings. The molecule has 1 aromatic carbocycles. The summed E-state index contributed by atoms with van der Waals surface area (Å²) < 4.78 is 32.4. The molecule has 0 aromatic heterocycles. The molecule has 1 aromatic rings. The second-order valence-electron chi connectivity index (χ2n) is 6.13. The van der Waals surface area contributed by atoms with E-state index in [0.717, 1.165) is 5.56 Å². The molecule has 0 aliphatic carbocycles. The number of fused-ring (bicyclic) bond motifs is 1. The van der Waals surface area contributed by atoms with Gasteiger partial charge in [-0.15, -0.1) is 0 Å². The summed E-state index contributed by atoms with van der Waals surface area (Å²) in [4.78, 5) is 12.3. The topological polar surface area (TPSA) is 92.7 Å². The van der Waals surface area contributed by atoms with E-state index in [9.17, 15) is 4.79 Å². The SMILES string of the molecule is C=CCOC(=O)C1=C[C@H](c2ccc3c(c2)OCO3)C[C@H](OCCOCCO)O1. The van der Waals surface area contributed by atoms with Gasteiger partial charge in [-0.25, -0.2) is 4.79 Å². The molecule has 0 saturated carbocycles. The third-order valence-corrected chi connectivity index (χ3v) is 4.18. The lowest BCUT2D eigenvalue weighted by atomic mass is 9.92. The van der Waals surface area contributed by atoms with E-state index in [-0.39, 0.29) is 44.9 Å². The van der Waals surface area contributed by atoms with E-state index in [2.05, 4.69) is 6.58 Å². The van der Waals surface area contributed by atoms with Gasteiger partial charge in [0.1, 0.15) is 6.61 Å². The van der Waals surface area contributed by atoms with Crippen LogP contribution in [0, 0.1) is 0 Å². The maximum atomic E-state index is 12.3. The van der Waals surface area contributed by atoms with E-state index in [1.165, 1.54) is 6.08 Å². The zero-order valence-corrected chi connectivity index (χ0v) is 15.5. The Bertz CT molecular complexity index is 714. The first-order chi connectivity index (χ1) is 13.7. The Morgan fingerprint density at radius 2 is 2.11 bits per heavy atom. The summed E-state index contributed by atoms with van der Waals surface area (Å²) in [5, 5.41) is 8.73. The largest absolute Gasteiger partial charge is 0.458 e. The summed E-state index contributed by atoms with van der Waals surface area (Å²) in [6.07, 6.45) is 3.09. The number of ether oxygens (including phenoxy) is 6. The van der Waals surface area contributed by atoms with Gasteiger partial charge in [-0.3, -0.25) is 0 Å². The Morgan fingerprint density at radius 1 is 1.25 bits per heavy atom. The van der Waals surface area contributed by atoms with Gasteiger partial charge in [-0.1, -0.05) is 18.7 Å². The highest BCUT2D eigenvalue weighted by Crippen LogP contribution is 2.38. The molecule has 0 fully saturated rings. The predicted octanol–water partition coefficient (Wildman–Crippen LogP) is 1.88. The number of carbonyl (C=O) groups is 1. The van der Waals surface area contributed by atoms with E-state index in [0.29, 0.717) is 24.5 Å². The molecule has 0 bridgehead atoms. The maximum Gasteiger partial charge on any atom is 0.373 e. The Kier molecular flexibility index (Phi) is 7.30. The Hall–Kier alpha value is -2.55. The van der Waals surface area contributed by atoms with E-state index in [4.69, 9.17) is 33.5 Å². The molecule has 0 spiro atoms. The fourth-order valence-electron chi connectivity index (χ4n) is 2.89. The minimum Gasteiger partial charge on any atom is -0.458 e. The summed E-state index contributed by atoms with van der Waals surface area (Å²) in [6.45, 7) is 4.60. The average molecular weight is 392 g/mol. The third-order valence-electron chi connectivity index (χ3n) is 4.18. The second kappa shape index (κ2) is 10.1. The molecular weight excluding hydrogens is 368 g/mol. The van der Waals surface area contributed by atoms with Crippen LogP contribution in [0.2, 0.25) is 0 Å². The van der Waals surface area contributed by atoms with E-state index < -0.39 is 12.3 Å². The summed E-state index contributed by atoms with van der Waals surface area (Å²) in [5.41, 5.74) is 0.951. The number of hydrogen-bond donors (Lipinski definition) is 1. The fourth-order valence-corrected chi connectivity index (χ4v) is 2.89. The van der Waals surface area contributed by atoms with Crippen molar-refractivity contribution in [3.05, 3.63) is 48.3 Å². The molecule has 0 unspecified atom stereocenters. The molecule has 0 saturated heterocycles. The highest BCUT2D eigenvalue weighted by molar-refractivity contribution is 5.86. The lowest BCUT2D eigenvalue weighted by molar-refractivity contribution is -0.163. The molecule has 8 heteroatoms. The van der Waals surface area contributed by atoms with Gasteiger partial charge < -0.3 is 33.5 Å². The van der Waals surface area contributed by atoms with Gasteiger partial charge in [0.15, 0.2) is 11.5 Å². The minimum atomic E-state index is -0.635. The molecule has 2 aliphatic heterocycles. The van der Waals surface area contributed by atoms with Crippen molar-refractivity contribution in [3.63, 3.8) is 0 Å². The van der Waals surface area contributed by atoms with Gasteiger partial charge in [-0.05, 0) is 23.8 Å². The molecule has 2 heterocycles. The second-order valence-corrected chi connectivity index (χ2v) is 6.13. The van der Waals surface area contributed by atoms with Crippen molar-refractivity contribution in [2.75, 3.05) is 39.8 Å². The highest BCUT2D eigenvalue weighted by atomic mass is 16.7. The maximum absolute atomic E-state index is 12.3. The van der Waals surface area contributed by atoms with Gasteiger partial charge >= 0.3 is 5.97 Å². The van der Waals surface area contributed by atoms with E-state index in [1.54, 1.807) is 6.08 Å². The third kappa shape index (κ3) is 5.25. The van der Waals surface area contributed by atoms with Gasteiger partial charge in [0.05, 0.1) is 26.4 Å². The van der Waals surface area contributed by atoms with Crippen LogP contribution in [0.3, 0.4) is 0 Å². The summed E-state index contributed by atoms with van der Waals surface area (Å²) in [5.74, 6) is 0.757. The summed E-state index contributed by atoms with van der Waals surface area (Å²) in [6, 6.07) is 5.66. The van der Waals surface area contributed by atoms with Crippen molar-refractivity contribution in [2.24, 2.45) is 0 Å². The average Bonchev–Trinajstić information content (AvgIpc) is 3.19. The van der Waals surface area contributed by atoms with Crippen LogP contribution in [-0.2, 0) is 23.7 Å². The summed E-state index contributed by atoms with van der Waals surface area (Å²) in [7, 11) is 0. The predicted molar refractivity (Wildman–Crippen MR) is 97.9 cm³/mol. The quantitative estimate of drug-likeness (QED) is 0.367. The van der Waals surface area contributed by atoms with Gasteiger partial charge in [0.2, 0.25) is 18.8 Å². The molecule has 28 heavy (non-hydrogen) atoms. The minimum absolute atomic E-state index is 0.0475. The van der Waals surface area contributed by atoms with Crippen molar-refractivity contribution in [2.45, 2.75) is 18.6 Å². The molecule has 0 radical (unpaired) electrons. The smallest absolute Gasteiger partial charge is 0.373 e. The summed E-state index contributed by atoms with van der Waals surface area (Å²) >= 11 is 0. The van der Waals surface area contributed by atoms with Crippen LogP contribution in [0.25, 0.3) is 0 Å². The van der Waals surface area contributed by atoms with Crippen LogP contribution < -0.4 is 9.47 Å². The van der Waals surface area contributed by atoms with Crippen molar-refractivity contribution in [3.8, 4) is 11.5 Å². The number of esters is 1. The Morgan fingerprint density at radius 3 is 2.93 bits per heavy atom. The number of carbonyl (C=O) groups excluding carboxylic acids is 1. The molecule has 8 nitrogen and oxygen atoms in total. The standard InChI is InChI=1S/C20H24O8/c1-2-6-25-20(22)18-11-15(12-19(28-18)24-9-8-23-7-5-21)14-3-4-16-17(10-14)27-13-26-16/h2-4,10-11,15,19,21H,1,5-9,12-13H2/t15-,19+/m0/s1. The lowest BCUT2D eigenvalue weighted by Gasteiger charge is -2.29. The van der Waals surface area contributed by atoms with Crippen LogP contribution in [0.1, 0.15) is 17.9 Å². The van der Waals surface area contributed by atoms with E-state index in [1.807, 2.05) is 18.2 Å². The molecule has 0 amide bonds. The Balaban J connectivity index is 1.70. The Labute approximate surface area is 163 Å². The highest BCUT2D eigenvalue weighted by Gasteiger charge is 2.30. The van der Waals surface area contributed by atoms with Crippen molar-refractivity contribution >= 4 is 5.97 Å². The van der Waals surface area contributed by atoms with Crippen LogP contribution >= 0.6 is 0 Å². The molecule has 1 N–H and O–H groups in total. The van der Waals surface area contributed by atoms with Crippen molar-refractivity contribution in [1.82, 2.24) is 0 Å². The van der Waals surface area contributed by atoms with Gasteiger partial charge in [-0.2, -0.15) is 0 Å². The molecule has 2 atom stereocenters. The first-order valence-electron chi connectivity index (χ1n) is 9.07. The van der Waals surface area contributed by atoms with Crippen LogP contribution in [-0.4, -0.2) is 57.2 Å². The number of benzene rings is 1. The zero-order valence-electron chi connectivity index (χ0n) is 15.5. The van der Waals surface area contributed by atoms with Crippen LogP contribution in [0.15, 0.2) is 42.7 Å². The van der Waals surface area contributed by atoms with E-state index >= 15 is 0 Å². The van der Waals surface area contributed by atoms with Crippen LogP contribution in [0.4, 0.5) is 0 Å². The lowest BCUT2D eigenvalue weighted by Crippen LogP contribution is -2.29. The number of aliphatic hydroxyl groups excluding tert-OH is 1. The van der Waals surface area contributed by atoms with Crippen molar-refractivity contribution < 1.29 is 38.3 Å². The molecule has 152 valence electrons. The number of allylic oxidation sites excluding steroid dienone is 1. The van der Waals surface area contributed by atoms with Crippen LogP contribution in [0.5, 0.6) is 11.5 Å². The number of hydrogen-bond acceptors (Lipinski definition) is 8. The molecular formula is C20H24O8. The normalized spacial score (nSPS) is 20.2.